The molecule has 8 heteroatoms. The number of carboxylic acids is 2. The molecule has 144 valence electrons. The van der Waals surface area contributed by atoms with Gasteiger partial charge in [0.25, 0.3) is 0 Å². The number of hydrogen-bond acceptors (Lipinski definition) is 6. The van der Waals surface area contributed by atoms with Gasteiger partial charge in [0.05, 0.1) is 13.2 Å². The number of rotatable bonds is 13. The van der Waals surface area contributed by atoms with Crippen molar-refractivity contribution in [1.29, 1.82) is 0 Å². The number of carbonyl (C=O) groups excluding carboxylic acids is 1. The maximum absolute atomic E-state index is 12.5. The number of hydrogen-bond donors (Lipinski definition) is 2. The van der Waals surface area contributed by atoms with Gasteiger partial charge in [-0.3, -0.25) is 9.59 Å². The molecule has 0 aliphatic carbocycles. The molecule has 0 heterocycles. The van der Waals surface area contributed by atoms with Crippen LogP contribution in [0, 0.1) is 5.41 Å². The average molecular weight is 368 g/mol. The molecule has 2 N–H and O–H groups in total. The molecule has 1 atom stereocenters. The first-order valence-corrected chi connectivity index (χ1v) is 8.14. The fourth-order valence-electron chi connectivity index (χ4n) is 2.04. The quantitative estimate of drug-likeness (QED) is 0.399. The molecule has 0 fully saturated rings. The van der Waals surface area contributed by atoms with Crippen molar-refractivity contribution in [2.24, 2.45) is 5.41 Å². The summed E-state index contributed by atoms with van der Waals surface area (Å²) < 4.78 is 15.7. The van der Waals surface area contributed by atoms with Gasteiger partial charge in [0.15, 0.2) is 0 Å². The van der Waals surface area contributed by atoms with E-state index in [-0.39, 0.29) is 32.8 Å². The highest BCUT2D eigenvalue weighted by Crippen LogP contribution is 2.21. The Morgan fingerprint density at radius 1 is 1.00 bits per heavy atom. The number of benzene rings is 1. The fraction of sp³-hybridized carbons (Fsp3) is 0.500. The average Bonchev–Trinajstić information content (AvgIpc) is 2.59. The largest absolute Gasteiger partial charge is 0.481 e. The molecule has 26 heavy (non-hydrogen) atoms. The highest BCUT2D eigenvalue weighted by atomic mass is 16.5. The van der Waals surface area contributed by atoms with Crippen LogP contribution >= 0.6 is 0 Å². The topological polar surface area (TPSA) is 119 Å². The van der Waals surface area contributed by atoms with Crippen LogP contribution in [-0.2, 0) is 35.2 Å². The summed E-state index contributed by atoms with van der Waals surface area (Å²) in [4.78, 5) is 33.6. The first kappa shape index (κ1) is 21.6. The van der Waals surface area contributed by atoms with Crippen LogP contribution in [0.1, 0.15) is 25.3 Å². The van der Waals surface area contributed by atoms with Crippen LogP contribution in [0.5, 0.6) is 0 Å². The zero-order valence-electron chi connectivity index (χ0n) is 14.7. The number of aliphatic carboxylic acids is 2. The number of esters is 1. The Hall–Kier alpha value is -2.45. The standard InChI is InChI=1S/C18H24O8/c1-18(13-25-11-16(21)22,12-24-9-5-8-15(19)20)17(23)26-10-14-6-3-2-4-7-14/h2-4,6-7H,5,8-13H2,1H3,(H,19,20)(H,21,22). The number of ether oxygens (including phenoxy) is 3. The van der Waals surface area contributed by atoms with E-state index in [1.165, 1.54) is 0 Å². The normalized spacial score (nSPS) is 13.0. The van der Waals surface area contributed by atoms with Gasteiger partial charge in [-0.25, -0.2) is 4.79 Å². The summed E-state index contributed by atoms with van der Waals surface area (Å²) in [6, 6.07) is 9.12. The van der Waals surface area contributed by atoms with Crippen molar-refractivity contribution in [2.75, 3.05) is 26.4 Å². The van der Waals surface area contributed by atoms with Gasteiger partial charge < -0.3 is 24.4 Å². The van der Waals surface area contributed by atoms with Gasteiger partial charge in [0, 0.05) is 13.0 Å². The van der Waals surface area contributed by atoms with Crippen molar-refractivity contribution in [3.8, 4) is 0 Å². The predicted molar refractivity (Wildman–Crippen MR) is 90.5 cm³/mol. The summed E-state index contributed by atoms with van der Waals surface area (Å²) in [6.07, 6.45) is 0.269. The molecule has 0 spiro atoms. The minimum Gasteiger partial charge on any atom is -0.481 e. The van der Waals surface area contributed by atoms with Gasteiger partial charge >= 0.3 is 17.9 Å². The van der Waals surface area contributed by atoms with Crippen molar-refractivity contribution in [2.45, 2.75) is 26.4 Å². The zero-order valence-corrected chi connectivity index (χ0v) is 14.7. The van der Waals surface area contributed by atoms with Crippen LogP contribution in [0.2, 0.25) is 0 Å². The van der Waals surface area contributed by atoms with Gasteiger partial charge in [0.1, 0.15) is 18.6 Å². The van der Waals surface area contributed by atoms with E-state index in [4.69, 9.17) is 24.4 Å². The molecule has 1 aromatic rings. The Labute approximate surface area is 151 Å². The molecule has 0 radical (unpaired) electrons. The molecule has 0 saturated carbocycles. The van der Waals surface area contributed by atoms with Gasteiger partial charge in [0.2, 0.25) is 0 Å². The van der Waals surface area contributed by atoms with E-state index >= 15 is 0 Å². The molecule has 0 bridgehead atoms. The molecule has 1 aromatic carbocycles. The van der Waals surface area contributed by atoms with Gasteiger partial charge in [-0.1, -0.05) is 30.3 Å². The lowest BCUT2D eigenvalue weighted by molar-refractivity contribution is -0.167. The number of carbonyl (C=O) groups is 3. The summed E-state index contributed by atoms with van der Waals surface area (Å²) in [5.74, 6) is -2.65. The second kappa shape index (κ2) is 11.2. The molecule has 1 rings (SSSR count). The van der Waals surface area contributed by atoms with Crippen LogP contribution in [-0.4, -0.2) is 54.5 Å². The minimum absolute atomic E-state index is 0.0370. The predicted octanol–water partition coefficient (Wildman–Crippen LogP) is 1.72. The van der Waals surface area contributed by atoms with Crippen molar-refractivity contribution in [1.82, 2.24) is 0 Å². The smallest absolute Gasteiger partial charge is 0.329 e. The summed E-state index contributed by atoms with van der Waals surface area (Å²) in [5, 5.41) is 17.3. The van der Waals surface area contributed by atoms with Gasteiger partial charge in [-0.2, -0.15) is 0 Å². The Morgan fingerprint density at radius 2 is 1.65 bits per heavy atom. The third-order valence-corrected chi connectivity index (χ3v) is 3.45. The Kier molecular flexibility index (Phi) is 9.32. The van der Waals surface area contributed by atoms with Crippen LogP contribution in [0.3, 0.4) is 0 Å². The molecule has 0 aliphatic rings. The SMILES string of the molecule is CC(COCCCC(=O)O)(COCC(=O)O)C(=O)OCc1ccccc1. The Balaban J connectivity index is 2.57. The van der Waals surface area contributed by atoms with Crippen molar-refractivity contribution >= 4 is 17.9 Å². The lowest BCUT2D eigenvalue weighted by atomic mass is 9.93. The van der Waals surface area contributed by atoms with E-state index in [0.29, 0.717) is 6.42 Å². The highest BCUT2D eigenvalue weighted by Gasteiger charge is 2.36. The molecule has 1 unspecified atom stereocenters. The van der Waals surface area contributed by atoms with Gasteiger partial charge in [-0.15, -0.1) is 0 Å². The van der Waals surface area contributed by atoms with E-state index in [9.17, 15) is 14.4 Å². The molecule has 0 saturated heterocycles. The van der Waals surface area contributed by atoms with Crippen LogP contribution in [0.25, 0.3) is 0 Å². The maximum atomic E-state index is 12.5. The van der Waals surface area contributed by atoms with E-state index in [0.717, 1.165) is 5.56 Å². The summed E-state index contributed by atoms with van der Waals surface area (Å²) in [7, 11) is 0. The summed E-state index contributed by atoms with van der Waals surface area (Å²) >= 11 is 0. The summed E-state index contributed by atoms with van der Waals surface area (Å²) in [5.41, 5.74) is -0.384. The van der Waals surface area contributed by atoms with E-state index in [1.54, 1.807) is 6.92 Å². The monoisotopic (exact) mass is 368 g/mol. The third kappa shape index (κ3) is 8.59. The van der Waals surface area contributed by atoms with E-state index in [1.807, 2.05) is 30.3 Å². The van der Waals surface area contributed by atoms with E-state index in [2.05, 4.69) is 0 Å². The molecule has 0 aliphatic heterocycles. The van der Waals surface area contributed by atoms with Crippen LogP contribution < -0.4 is 0 Å². The zero-order chi connectivity index (χ0) is 19.4. The molecule has 8 nitrogen and oxygen atoms in total. The van der Waals surface area contributed by atoms with Gasteiger partial charge in [-0.05, 0) is 18.9 Å². The minimum atomic E-state index is -1.20. The molecular weight excluding hydrogens is 344 g/mol. The van der Waals surface area contributed by atoms with E-state index < -0.39 is 29.9 Å². The van der Waals surface area contributed by atoms with Crippen molar-refractivity contribution in [3.05, 3.63) is 35.9 Å². The summed E-state index contributed by atoms with van der Waals surface area (Å²) in [6.45, 7) is 0.992. The molecule has 0 amide bonds. The lowest BCUT2D eigenvalue weighted by Gasteiger charge is -2.26. The Bertz CT molecular complexity index is 586. The Morgan fingerprint density at radius 3 is 2.27 bits per heavy atom. The van der Waals surface area contributed by atoms with Crippen molar-refractivity contribution < 1.29 is 38.8 Å². The van der Waals surface area contributed by atoms with Crippen LogP contribution in [0.4, 0.5) is 0 Å². The highest BCUT2D eigenvalue weighted by molar-refractivity contribution is 5.77. The molecular formula is C18H24O8. The lowest BCUT2D eigenvalue weighted by Crippen LogP contribution is -2.39. The first-order chi connectivity index (χ1) is 12.3. The van der Waals surface area contributed by atoms with Crippen molar-refractivity contribution in [3.63, 3.8) is 0 Å². The van der Waals surface area contributed by atoms with Crippen LogP contribution in [0.15, 0.2) is 30.3 Å². The second-order valence-corrected chi connectivity index (χ2v) is 6.06. The fourth-order valence-corrected chi connectivity index (χ4v) is 2.04. The maximum Gasteiger partial charge on any atom is 0.329 e. The number of carboxylic acid groups (broad SMARTS) is 2. The third-order valence-electron chi connectivity index (χ3n) is 3.45. The second-order valence-electron chi connectivity index (χ2n) is 6.06. The first-order valence-electron chi connectivity index (χ1n) is 8.14. The molecule has 0 aromatic heterocycles.